The summed E-state index contributed by atoms with van der Waals surface area (Å²) in [6.07, 6.45) is 5.80. The number of hydrogen-bond acceptors (Lipinski definition) is 4. The summed E-state index contributed by atoms with van der Waals surface area (Å²) in [7, 11) is 0. The van der Waals surface area contributed by atoms with Crippen LogP contribution >= 0.6 is 11.6 Å². The molecular weight excluding hydrogens is 360 g/mol. The number of hydrazone groups is 1. The third kappa shape index (κ3) is 9.41. The molecule has 27 heavy (non-hydrogen) atoms. The van der Waals surface area contributed by atoms with Crippen molar-refractivity contribution in [3.05, 3.63) is 47.7 Å². The van der Waals surface area contributed by atoms with Gasteiger partial charge in [-0.2, -0.15) is 5.10 Å². The van der Waals surface area contributed by atoms with Crippen LogP contribution in [0.1, 0.15) is 58.1 Å². The van der Waals surface area contributed by atoms with Crippen molar-refractivity contribution in [3.63, 3.8) is 0 Å². The van der Waals surface area contributed by atoms with Crippen LogP contribution in [-0.2, 0) is 17.8 Å². The van der Waals surface area contributed by atoms with Crippen LogP contribution in [0.3, 0.4) is 0 Å². The van der Waals surface area contributed by atoms with Gasteiger partial charge in [0.15, 0.2) is 0 Å². The number of hydrogen-bond donors (Lipinski definition) is 1. The number of rotatable bonds is 12. The van der Waals surface area contributed by atoms with E-state index in [1.165, 1.54) is 5.56 Å². The minimum absolute atomic E-state index is 0.115. The van der Waals surface area contributed by atoms with Gasteiger partial charge in [0.05, 0.1) is 30.3 Å². The van der Waals surface area contributed by atoms with E-state index in [4.69, 9.17) is 21.4 Å². The van der Waals surface area contributed by atoms with Crippen LogP contribution < -0.4 is 0 Å². The molecular formula is C22H35ClN2O2. The van der Waals surface area contributed by atoms with E-state index in [9.17, 15) is 0 Å². The molecule has 1 aromatic carbocycles. The highest BCUT2D eigenvalue weighted by Crippen LogP contribution is 2.20. The lowest BCUT2D eigenvalue weighted by Crippen LogP contribution is -2.37. The van der Waals surface area contributed by atoms with Gasteiger partial charge >= 0.3 is 0 Å². The molecule has 0 heterocycles. The maximum Gasteiger partial charge on any atom is 0.0920 e. The molecule has 152 valence electrons. The normalized spacial score (nSPS) is 13.1. The molecule has 0 bridgehead atoms. The highest BCUT2D eigenvalue weighted by molar-refractivity contribution is 6.19. The zero-order valence-corrected chi connectivity index (χ0v) is 18.0. The number of benzene rings is 1. The molecule has 1 atom stereocenters. The second kappa shape index (κ2) is 12.2. The van der Waals surface area contributed by atoms with Gasteiger partial charge in [0.25, 0.3) is 0 Å². The summed E-state index contributed by atoms with van der Waals surface area (Å²) in [6, 6.07) is 8.54. The Morgan fingerprint density at radius 1 is 1.22 bits per heavy atom. The van der Waals surface area contributed by atoms with Crippen LogP contribution in [0.4, 0.5) is 0 Å². The Bertz CT molecular complexity index is 579. The number of nitrogens with zero attached hydrogens (tertiary/aromatic N) is 2. The predicted octanol–water partition coefficient (Wildman–Crippen LogP) is 5.14. The van der Waals surface area contributed by atoms with E-state index < -0.39 is 0 Å². The maximum atomic E-state index is 8.82. The first kappa shape index (κ1) is 23.7. The highest BCUT2D eigenvalue weighted by atomic mass is 35.5. The molecule has 1 N–H and O–H groups in total. The van der Waals surface area contributed by atoms with Crippen LogP contribution in [0, 0.1) is 0 Å². The zero-order chi connectivity index (χ0) is 20.3. The van der Waals surface area contributed by atoms with Crippen molar-refractivity contribution in [2.45, 2.75) is 71.6 Å². The summed E-state index contributed by atoms with van der Waals surface area (Å²) in [6.45, 7) is 13.0. The lowest BCUT2D eigenvalue weighted by molar-refractivity contribution is 0.0964. The Labute approximate surface area is 169 Å². The van der Waals surface area contributed by atoms with E-state index in [0.717, 1.165) is 36.9 Å². The first-order valence-corrected chi connectivity index (χ1v) is 10.2. The SMILES string of the molecule is C=C(CCl)N(/N=C\C(C)OCc1ccc(CCCCCO)cc1)C(C)(C)C. The second-order valence-electron chi connectivity index (χ2n) is 7.81. The molecule has 1 aromatic rings. The Hall–Kier alpha value is -1.36. The molecule has 0 fully saturated rings. The molecule has 0 radical (unpaired) electrons. The van der Waals surface area contributed by atoms with Gasteiger partial charge in [-0.15, -0.1) is 11.6 Å². The fourth-order valence-corrected chi connectivity index (χ4v) is 2.75. The summed E-state index contributed by atoms with van der Waals surface area (Å²) in [5.41, 5.74) is 3.05. The van der Waals surface area contributed by atoms with Crippen molar-refractivity contribution in [1.82, 2.24) is 5.01 Å². The lowest BCUT2D eigenvalue weighted by atomic mass is 10.1. The molecule has 0 aliphatic rings. The number of allylic oxidation sites excluding steroid dienone is 1. The molecule has 1 rings (SSSR count). The molecule has 0 saturated carbocycles. The summed E-state index contributed by atoms with van der Waals surface area (Å²) in [4.78, 5) is 0. The standard InChI is InChI=1S/C22H35ClN2O2/c1-18(15-23)25(22(3,4)5)24-16-19(2)27-17-21-12-10-20(11-13-21)9-7-6-8-14-26/h10-13,16,19,26H,1,6-9,14-15,17H2,2-5H3/b24-16-. The average Bonchev–Trinajstić information content (AvgIpc) is 2.63. The van der Waals surface area contributed by atoms with Crippen LogP contribution in [0.15, 0.2) is 41.6 Å². The number of aliphatic hydroxyl groups excluding tert-OH is 1. The van der Waals surface area contributed by atoms with E-state index in [0.29, 0.717) is 12.5 Å². The molecule has 5 heteroatoms. The summed E-state index contributed by atoms with van der Waals surface area (Å²) >= 11 is 5.91. The Kier molecular flexibility index (Phi) is 10.7. The number of unbranched alkanes of at least 4 members (excludes halogenated alkanes) is 2. The number of aliphatic hydroxyl groups is 1. The largest absolute Gasteiger partial charge is 0.396 e. The molecule has 0 aliphatic heterocycles. The van der Waals surface area contributed by atoms with Gasteiger partial charge in [-0.05, 0) is 58.1 Å². The molecule has 0 aromatic heterocycles. The number of halogens is 1. The third-order valence-electron chi connectivity index (χ3n) is 4.14. The highest BCUT2D eigenvalue weighted by Gasteiger charge is 2.21. The third-order valence-corrected chi connectivity index (χ3v) is 4.45. The topological polar surface area (TPSA) is 45.1 Å². The van der Waals surface area contributed by atoms with Gasteiger partial charge in [0.1, 0.15) is 0 Å². The van der Waals surface area contributed by atoms with Crippen LogP contribution in [0.25, 0.3) is 0 Å². The van der Waals surface area contributed by atoms with E-state index >= 15 is 0 Å². The second-order valence-corrected chi connectivity index (χ2v) is 8.08. The molecule has 4 nitrogen and oxygen atoms in total. The number of aryl methyl sites for hydroxylation is 1. The van der Waals surface area contributed by atoms with Crippen LogP contribution in [0.2, 0.25) is 0 Å². The van der Waals surface area contributed by atoms with Crippen molar-refractivity contribution >= 4 is 17.8 Å². The average molecular weight is 395 g/mol. The predicted molar refractivity (Wildman–Crippen MR) is 115 cm³/mol. The molecule has 0 saturated heterocycles. The van der Waals surface area contributed by atoms with Crippen molar-refractivity contribution in [2.24, 2.45) is 5.10 Å². The van der Waals surface area contributed by atoms with Gasteiger partial charge in [-0.1, -0.05) is 37.3 Å². The van der Waals surface area contributed by atoms with E-state index in [2.05, 4.69) is 56.7 Å². The van der Waals surface area contributed by atoms with Crippen LogP contribution in [0.5, 0.6) is 0 Å². The lowest BCUT2D eigenvalue weighted by Gasteiger charge is -2.33. The first-order valence-electron chi connectivity index (χ1n) is 9.66. The smallest absolute Gasteiger partial charge is 0.0920 e. The minimum atomic E-state index is -0.185. The number of alkyl halides is 1. The fourth-order valence-electron chi connectivity index (χ4n) is 2.64. The monoisotopic (exact) mass is 394 g/mol. The van der Waals surface area contributed by atoms with Crippen molar-refractivity contribution in [1.29, 1.82) is 0 Å². The molecule has 0 spiro atoms. The summed E-state index contributed by atoms with van der Waals surface area (Å²) < 4.78 is 5.89. The summed E-state index contributed by atoms with van der Waals surface area (Å²) in [5.74, 6) is 0.343. The minimum Gasteiger partial charge on any atom is -0.396 e. The maximum absolute atomic E-state index is 8.82. The van der Waals surface area contributed by atoms with Crippen molar-refractivity contribution in [3.8, 4) is 0 Å². The summed E-state index contributed by atoms with van der Waals surface area (Å²) in [5, 5.41) is 15.2. The van der Waals surface area contributed by atoms with Gasteiger partial charge in [-0.3, -0.25) is 5.01 Å². The van der Waals surface area contributed by atoms with E-state index in [1.807, 2.05) is 11.9 Å². The zero-order valence-electron chi connectivity index (χ0n) is 17.2. The van der Waals surface area contributed by atoms with Crippen molar-refractivity contribution < 1.29 is 9.84 Å². The Morgan fingerprint density at radius 3 is 2.41 bits per heavy atom. The van der Waals surface area contributed by atoms with Crippen molar-refractivity contribution in [2.75, 3.05) is 12.5 Å². The number of ether oxygens (including phenoxy) is 1. The Morgan fingerprint density at radius 2 is 1.85 bits per heavy atom. The van der Waals surface area contributed by atoms with E-state index in [1.54, 1.807) is 6.21 Å². The van der Waals surface area contributed by atoms with E-state index in [-0.39, 0.29) is 18.2 Å². The molecule has 1 unspecified atom stereocenters. The first-order chi connectivity index (χ1) is 12.8. The van der Waals surface area contributed by atoms with Gasteiger partial charge in [-0.25, -0.2) is 0 Å². The van der Waals surface area contributed by atoms with Gasteiger partial charge in [0.2, 0.25) is 0 Å². The molecule has 0 aliphatic carbocycles. The van der Waals surface area contributed by atoms with Crippen LogP contribution in [-0.4, -0.2) is 40.5 Å². The van der Waals surface area contributed by atoms with Gasteiger partial charge in [0, 0.05) is 12.3 Å². The van der Waals surface area contributed by atoms with Gasteiger partial charge < -0.3 is 9.84 Å². The Balaban J connectivity index is 2.49. The fraction of sp³-hybridized carbons (Fsp3) is 0.591. The quantitative estimate of drug-likeness (QED) is 0.231. The molecule has 0 amide bonds.